The number of thioether (sulfide) groups is 1. The van der Waals surface area contributed by atoms with Gasteiger partial charge in [-0.1, -0.05) is 23.9 Å². The van der Waals surface area contributed by atoms with E-state index in [9.17, 15) is 4.79 Å². The summed E-state index contributed by atoms with van der Waals surface area (Å²) in [5.41, 5.74) is 3.88. The van der Waals surface area contributed by atoms with E-state index in [2.05, 4.69) is 15.5 Å². The SMILES string of the molecule is O=C(CSc1nc2ccccc2o1)N/N=C\c1ccco1. The molecular formula is C14H11N3O3S. The van der Waals surface area contributed by atoms with Crippen molar-refractivity contribution in [2.24, 2.45) is 5.10 Å². The number of carbonyl (C=O) groups is 1. The number of benzene rings is 1. The van der Waals surface area contributed by atoms with Gasteiger partial charge in [-0.2, -0.15) is 5.10 Å². The zero-order chi connectivity index (χ0) is 14.5. The minimum absolute atomic E-state index is 0.169. The van der Waals surface area contributed by atoms with Crippen LogP contribution in [0.15, 0.2) is 61.8 Å². The number of nitrogens with zero attached hydrogens (tertiary/aromatic N) is 2. The van der Waals surface area contributed by atoms with Gasteiger partial charge in [-0.05, 0) is 24.3 Å². The first kappa shape index (κ1) is 13.4. The van der Waals surface area contributed by atoms with E-state index in [1.807, 2.05) is 24.3 Å². The number of hydrogen-bond donors (Lipinski definition) is 1. The van der Waals surface area contributed by atoms with Crippen molar-refractivity contribution in [3.8, 4) is 0 Å². The van der Waals surface area contributed by atoms with Crippen molar-refractivity contribution < 1.29 is 13.6 Å². The molecule has 0 spiro atoms. The number of rotatable bonds is 5. The second kappa shape index (κ2) is 6.27. The number of hydrogen-bond acceptors (Lipinski definition) is 6. The van der Waals surface area contributed by atoms with Crippen LogP contribution in [0.3, 0.4) is 0 Å². The Labute approximate surface area is 124 Å². The Balaban J connectivity index is 1.51. The number of fused-ring (bicyclic) bond motifs is 1. The molecule has 0 unspecified atom stereocenters. The molecule has 0 fully saturated rings. The van der Waals surface area contributed by atoms with Gasteiger partial charge in [0.05, 0.1) is 18.2 Å². The van der Waals surface area contributed by atoms with Gasteiger partial charge >= 0.3 is 0 Å². The van der Waals surface area contributed by atoms with Gasteiger partial charge in [0.2, 0.25) is 0 Å². The van der Waals surface area contributed by atoms with Gasteiger partial charge in [0.15, 0.2) is 5.58 Å². The molecule has 3 rings (SSSR count). The fourth-order valence-corrected chi connectivity index (χ4v) is 2.24. The molecule has 6 nitrogen and oxygen atoms in total. The Morgan fingerprint density at radius 1 is 1.33 bits per heavy atom. The maximum atomic E-state index is 11.6. The fourth-order valence-electron chi connectivity index (χ4n) is 1.60. The van der Waals surface area contributed by atoms with E-state index in [0.29, 0.717) is 16.6 Å². The maximum absolute atomic E-state index is 11.6. The molecule has 1 aromatic carbocycles. The third kappa shape index (κ3) is 3.51. The molecule has 106 valence electrons. The summed E-state index contributed by atoms with van der Waals surface area (Å²) in [6.07, 6.45) is 2.97. The second-order valence-corrected chi connectivity index (χ2v) is 4.97. The number of hydrazone groups is 1. The quantitative estimate of drug-likeness (QED) is 0.445. The van der Waals surface area contributed by atoms with Crippen LogP contribution in [0.25, 0.3) is 11.1 Å². The van der Waals surface area contributed by atoms with Crippen LogP contribution in [0, 0.1) is 0 Å². The summed E-state index contributed by atoms with van der Waals surface area (Å²) in [4.78, 5) is 15.9. The monoisotopic (exact) mass is 301 g/mol. The first-order chi connectivity index (χ1) is 10.3. The van der Waals surface area contributed by atoms with Gasteiger partial charge in [0.25, 0.3) is 11.1 Å². The molecule has 2 aromatic heterocycles. The summed E-state index contributed by atoms with van der Waals surface area (Å²) in [5.74, 6) is 0.495. The first-order valence-electron chi connectivity index (χ1n) is 6.15. The normalized spacial score (nSPS) is 11.2. The Morgan fingerprint density at radius 3 is 3.05 bits per heavy atom. The standard InChI is InChI=1S/C14H11N3O3S/c18-13(17-15-8-10-4-3-7-19-10)9-21-14-16-11-5-1-2-6-12(11)20-14/h1-8H,9H2,(H,17,18)/b15-8-. The summed E-state index contributed by atoms with van der Waals surface area (Å²) in [5, 5.41) is 4.25. The topological polar surface area (TPSA) is 80.6 Å². The minimum Gasteiger partial charge on any atom is -0.463 e. The highest BCUT2D eigenvalue weighted by molar-refractivity contribution is 7.99. The van der Waals surface area contributed by atoms with Crippen molar-refractivity contribution in [1.82, 2.24) is 10.4 Å². The molecule has 0 atom stereocenters. The molecule has 0 aliphatic rings. The van der Waals surface area contributed by atoms with E-state index in [1.165, 1.54) is 24.2 Å². The lowest BCUT2D eigenvalue weighted by Gasteiger charge is -1.96. The lowest BCUT2D eigenvalue weighted by atomic mass is 10.3. The number of oxazole rings is 1. The molecule has 1 N–H and O–H groups in total. The molecule has 3 aromatic rings. The van der Waals surface area contributed by atoms with Gasteiger partial charge in [-0.25, -0.2) is 10.4 Å². The lowest BCUT2D eigenvalue weighted by molar-refractivity contribution is -0.118. The Hall–Kier alpha value is -2.54. The van der Waals surface area contributed by atoms with Gasteiger partial charge in [0.1, 0.15) is 11.3 Å². The predicted octanol–water partition coefficient (Wildman–Crippen LogP) is 2.66. The smallest absolute Gasteiger partial charge is 0.257 e. The third-order valence-corrected chi connectivity index (χ3v) is 3.35. The summed E-state index contributed by atoms with van der Waals surface area (Å²) < 4.78 is 10.5. The number of amides is 1. The number of furan rings is 1. The lowest BCUT2D eigenvalue weighted by Crippen LogP contribution is -2.19. The molecule has 21 heavy (non-hydrogen) atoms. The Morgan fingerprint density at radius 2 is 2.24 bits per heavy atom. The highest BCUT2D eigenvalue weighted by atomic mass is 32.2. The van der Waals surface area contributed by atoms with Crippen molar-refractivity contribution in [3.63, 3.8) is 0 Å². The van der Waals surface area contributed by atoms with Gasteiger partial charge < -0.3 is 8.83 Å². The van der Waals surface area contributed by atoms with Crippen LogP contribution in [0.2, 0.25) is 0 Å². The van der Waals surface area contributed by atoms with E-state index in [4.69, 9.17) is 8.83 Å². The zero-order valence-corrected chi connectivity index (χ0v) is 11.7. The van der Waals surface area contributed by atoms with Crippen molar-refractivity contribution in [3.05, 3.63) is 48.4 Å². The fraction of sp³-hybridized carbons (Fsp3) is 0.0714. The summed E-state index contributed by atoms with van der Waals surface area (Å²) in [6.45, 7) is 0. The van der Waals surface area contributed by atoms with Crippen LogP contribution >= 0.6 is 11.8 Å². The van der Waals surface area contributed by atoms with Crippen LogP contribution < -0.4 is 5.43 Å². The number of nitrogens with one attached hydrogen (secondary N) is 1. The van der Waals surface area contributed by atoms with E-state index in [-0.39, 0.29) is 11.7 Å². The Kier molecular flexibility index (Phi) is 4.02. The highest BCUT2D eigenvalue weighted by Crippen LogP contribution is 2.22. The Bertz CT molecular complexity index is 732. The first-order valence-corrected chi connectivity index (χ1v) is 7.13. The predicted molar refractivity (Wildman–Crippen MR) is 79.2 cm³/mol. The molecule has 0 saturated carbocycles. The van der Waals surface area contributed by atoms with E-state index in [0.717, 1.165) is 5.52 Å². The van der Waals surface area contributed by atoms with Crippen LogP contribution in [0.4, 0.5) is 0 Å². The molecule has 1 amide bonds. The van der Waals surface area contributed by atoms with E-state index < -0.39 is 0 Å². The zero-order valence-electron chi connectivity index (χ0n) is 10.9. The van der Waals surface area contributed by atoms with Crippen LogP contribution in [0.1, 0.15) is 5.76 Å². The molecule has 7 heteroatoms. The molecule has 0 aliphatic carbocycles. The average Bonchev–Trinajstić information content (AvgIpc) is 3.13. The second-order valence-electron chi connectivity index (χ2n) is 4.04. The van der Waals surface area contributed by atoms with E-state index >= 15 is 0 Å². The summed E-state index contributed by atoms with van der Waals surface area (Å²) in [6, 6.07) is 10.9. The van der Waals surface area contributed by atoms with Crippen LogP contribution in [-0.4, -0.2) is 22.9 Å². The number of para-hydroxylation sites is 2. The van der Waals surface area contributed by atoms with Gasteiger partial charge in [-0.3, -0.25) is 4.79 Å². The van der Waals surface area contributed by atoms with Crippen molar-refractivity contribution in [2.45, 2.75) is 5.22 Å². The van der Waals surface area contributed by atoms with E-state index in [1.54, 1.807) is 12.1 Å². The summed E-state index contributed by atoms with van der Waals surface area (Å²) >= 11 is 1.22. The maximum Gasteiger partial charge on any atom is 0.257 e. The summed E-state index contributed by atoms with van der Waals surface area (Å²) in [7, 11) is 0. The largest absolute Gasteiger partial charge is 0.463 e. The van der Waals surface area contributed by atoms with Gasteiger partial charge in [0, 0.05) is 0 Å². The van der Waals surface area contributed by atoms with Crippen LogP contribution in [0.5, 0.6) is 0 Å². The molecule has 0 bridgehead atoms. The average molecular weight is 301 g/mol. The number of carbonyl (C=O) groups excluding carboxylic acids is 1. The number of aromatic nitrogens is 1. The molecule has 2 heterocycles. The minimum atomic E-state index is -0.245. The molecular weight excluding hydrogens is 290 g/mol. The molecule has 0 radical (unpaired) electrons. The van der Waals surface area contributed by atoms with Crippen molar-refractivity contribution in [1.29, 1.82) is 0 Å². The molecule has 0 saturated heterocycles. The van der Waals surface area contributed by atoms with Crippen molar-refractivity contribution in [2.75, 3.05) is 5.75 Å². The highest BCUT2D eigenvalue weighted by Gasteiger charge is 2.08. The molecule has 0 aliphatic heterocycles. The van der Waals surface area contributed by atoms with Crippen molar-refractivity contribution >= 4 is 35.0 Å². The van der Waals surface area contributed by atoms with Gasteiger partial charge in [-0.15, -0.1) is 0 Å². The van der Waals surface area contributed by atoms with Crippen LogP contribution in [-0.2, 0) is 4.79 Å². The third-order valence-electron chi connectivity index (χ3n) is 2.53.